The van der Waals surface area contributed by atoms with Gasteiger partial charge in [-0.05, 0) is 6.42 Å². The highest BCUT2D eigenvalue weighted by molar-refractivity contribution is 5.75. The fourth-order valence-electron chi connectivity index (χ4n) is 1.99. The minimum Gasteiger partial charge on any atom is -0.394 e. The predicted octanol–water partition coefficient (Wildman–Crippen LogP) is -1.13. The van der Waals surface area contributed by atoms with Crippen molar-refractivity contribution in [1.82, 2.24) is 10.2 Å². The zero-order valence-electron chi connectivity index (χ0n) is 8.43. The number of aliphatic hydroxyl groups is 2. The van der Waals surface area contributed by atoms with E-state index in [-0.39, 0.29) is 12.6 Å². The number of amides is 2. The Bertz CT molecular complexity index is 248. The molecule has 0 saturated carbocycles. The first-order chi connectivity index (χ1) is 7.22. The molecule has 2 aliphatic rings. The van der Waals surface area contributed by atoms with Gasteiger partial charge < -0.3 is 20.3 Å². The fourth-order valence-corrected chi connectivity index (χ4v) is 1.99. The van der Waals surface area contributed by atoms with Crippen molar-refractivity contribution in [2.45, 2.75) is 31.3 Å². The van der Waals surface area contributed by atoms with Gasteiger partial charge in [-0.15, -0.1) is 0 Å². The molecule has 0 radical (unpaired) electrons. The molecule has 0 aliphatic carbocycles. The summed E-state index contributed by atoms with van der Waals surface area (Å²) in [7, 11) is 0. The van der Waals surface area contributed by atoms with Gasteiger partial charge >= 0.3 is 6.03 Å². The van der Waals surface area contributed by atoms with Crippen LogP contribution in [-0.4, -0.2) is 59.3 Å². The second-order valence-corrected chi connectivity index (χ2v) is 3.89. The molecule has 0 aromatic carbocycles. The quantitative estimate of drug-likeness (QED) is 0.545. The molecular weight excluding hydrogens is 200 g/mol. The highest BCUT2D eigenvalue weighted by atomic mass is 16.5. The molecule has 2 heterocycles. The van der Waals surface area contributed by atoms with E-state index in [1.54, 1.807) is 4.90 Å². The van der Waals surface area contributed by atoms with Crippen molar-refractivity contribution < 1.29 is 19.7 Å². The molecule has 2 saturated heterocycles. The normalized spacial score (nSPS) is 36.8. The largest absolute Gasteiger partial charge is 0.394 e. The van der Waals surface area contributed by atoms with Gasteiger partial charge in [-0.3, -0.25) is 4.90 Å². The SMILES string of the molecule is O=C1NCCCN1[C@H]1C[C@@H](O)[C@@H](CO)O1. The van der Waals surface area contributed by atoms with Crippen molar-refractivity contribution in [3.05, 3.63) is 0 Å². The molecule has 2 fully saturated rings. The van der Waals surface area contributed by atoms with Crippen LogP contribution in [0.2, 0.25) is 0 Å². The lowest BCUT2D eigenvalue weighted by Crippen LogP contribution is -2.51. The number of hydrogen-bond acceptors (Lipinski definition) is 4. The first-order valence-electron chi connectivity index (χ1n) is 5.21. The van der Waals surface area contributed by atoms with Crippen LogP contribution in [0.5, 0.6) is 0 Å². The van der Waals surface area contributed by atoms with Gasteiger partial charge in [0.05, 0.1) is 12.7 Å². The van der Waals surface area contributed by atoms with Gasteiger partial charge in [0, 0.05) is 19.5 Å². The van der Waals surface area contributed by atoms with Crippen LogP contribution in [0.4, 0.5) is 4.79 Å². The van der Waals surface area contributed by atoms with E-state index < -0.39 is 18.4 Å². The van der Waals surface area contributed by atoms with Gasteiger partial charge in [-0.1, -0.05) is 0 Å². The van der Waals surface area contributed by atoms with Crippen LogP contribution in [0, 0.1) is 0 Å². The van der Waals surface area contributed by atoms with Crippen molar-refractivity contribution >= 4 is 6.03 Å². The molecule has 6 nitrogen and oxygen atoms in total. The Morgan fingerprint density at radius 2 is 2.40 bits per heavy atom. The Morgan fingerprint density at radius 1 is 1.60 bits per heavy atom. The van der Waals surface area contributed by atoms with Crippen molar-refractivity contribution in [1.29, 1.82) is 0 Å². The van der Waals surface area contributed by atoms with Crippen LogP contribution >= 0.6 is 0 Å². The number of hydrogen-bond donors (Lipinski definition) is 3. The first-order valence-corrected chi connectivity index (χ1v) is 5.21. The van der Waals surface area contributed by atoms with Crippen molar-refractivity contribution in [3.63, 3.8) is 0 Å². The molecule has 0 spiro atoms. The number of carbonyl (C=O) groups is 1. The van der Waals surface area contributed by atoms with Crippen molar-refractivity contribution in [3.8, 4) is 0 Å². The van der Waals surface area contributed by atoms with Crippen molar-refractivity contribution in [2.75, 3.05) is 19.7 Å². The van der Waals surface area contributed by atoms with Crippen LogP contribution in [0.3, 0.4) is 0 Å². The van der Waals surface area contributed by atoms with Crippen LogP contribution in [0.1, 0.15) is 12.8 Å². The smallest absolute Gasteiger partial charge is 0.319 e. The van der Waals surface area contributed by atoms with Gasteiger partial charge in [0.1, 0.15) is 12.3 Å². The molecular formula is C9H16N2O4. The molecule has 2 rings (SSSR count). The molecule has 6 heteroatoms. The van der Waals surface area contributed by atoms with Crippen LogP contribution < -0.4 is 5.32 Å². The zero-order chi connectivity index (χ0) is 10.8. The summed E-state index contributed by atoms with van der Waals surface area (Å²) in [5.41, 5.74) is 0. The maximum Gasteiger partial charge on any atom is 0.319 e. The molecule has 0 unspecified atom stereocenters. The van der Waals surface area contributed by atoms with Crippen LogP contribution in [0.15, 0.2) is 0 Å². The van der Waals surface area contributed by atoms with E-state index in [4.69, 9.17) is 9.84 Å². The van der Waals surface area contributed by atoms with Gasteiger partial charge in [-0.2, -0.15) is 0 Å². The summed E-state index contributed by atoms with van der Waals surface area (Å²) in [6.07, 6.45) is -0.402. The molecule has 0 bridgehead atoms. The van der Waals surface area contributed by atoms with Gasteiger partial charge in [0.25, 0.3) is 0 Å². The maximum absolute atomic E-state index is 11.5. The Morgan fingerprint density at radius 3 is 3.00 bits per heavy atom. The number of rotatable bonds is 2. The van der Waals surface area contributed by atoms with Gasteiger partial charge in [-0.25, -0.2) is 4.79 Å². The standard InChI is InChI=1S/C9H16N2O4/c12-5-7-6(13)4-8(15-7)11-3-1-2-10-9(11)14/h6-8,12-13H,1-5H2,(H,10,14)/t6-,7-,8-/m1/s1. The average molecular weight is 216 g/mol. The average Bonchev–Trinajstić information content (AvgIpc) is 2.60. The molecule has 3 N–H and O–H groups in total. The number of ether oxygens (including phenoxy) is 1. The Labute approximate surface area is 87.8 Å². The second-order valence-electron chi connectivity index (χ2n) is 3.89. The van der Waals surface area contributed by atoms with E-state index in [2.05, 4.69) is 5.32 Å². The lowest BCUT2D eigenvalue weighted by atomic mass is 10.2. The van der Waals surface area contributed by atoms with E-state index in [1.807, 2.05) is 0 Å². The van der Waals surface area contributed by atoms with E-state index >= 15 is 0 Å². The second kappa shape index (κ2) is 4.34. The Balaban J connectivity index is 1.96. The Kier molecular flexibility index (Phi) is 3.08. The van der Waals surface area contributed by atoms with E-state index in [0.29, 0.717) is 19.5 Å². The van der Waals surface area contributed by atoms with Gasteiger partial charge in [0.15, 0.2) is 0 Å². The van der Waals surface area contributed by atoms with E-state index in [0.717, 1.165) is 6.42 Å². The molecule has 0 aromatic heterocycles. The summed E-state index contributed by atoms with van der Waals surface area (Å²) >= 11 is 0. The molecule has 15 heavy (non-hydrogen) atoms. The number of urea groups is 1. The minimum atomic E-state index is -0.685. The zero-order valence-corrected chi connectivity index (χ0v) is 8.43. The third kappa shape index (κ3) is 2.06. The topological polar surface area (TPSA) is 82.0 Å². The lowest BCUT2D eigenvalue weighted by Gasteiger charge is -2.32. The van der Waals surface area contributed by atoms with Crippen molar-refractivity contribution in [2.24, 2.45) is 0 Å². The summed E-state index contributed by atoms with van der Waals surface area (Å²) in [6.45, 7) is 1.11. The number of nitrogens with zero attached hydrogens (tertiary/aromatic N) is 1. The highest BCUT2D eigenvalue weighted by Crippen LogP contribution is 2.24. The van der Waals surface area contributed by atoms with Crippen LogP contribution in [0.25, 0.3) is 0 Å². The van der Waals surface area contributed by atoms with E-state index in [1.165, 1.54) is 0 Å². The molecule has 0 aromatic rings. The lowest BCUT2D eigenvalue weighted by molar-refractivity contribution is -0.0663. The summed E-state index contributed by atoms with van der Waals surface area (Å²) in [5, 5.41) is 21.2. The third-order valence-electron chi connectivity index (χ3n) is 2.84. The molecule has 2 aliphatic heterocycles. The van der Waals surface area contributed by atoms with Crippen LogP contribution in [-0.2, 0) is 4.74 Å². The minimum absolute atomic E-state index is 0.156. The number of nitrogens with one attached hydrogen (secondary N) is 1. The summed E-state index contributed by atoms with van der Waals surface area (Å²) in [5.74, 6) is 0. The first kappa shape index (κ1) is 10.7. The number of carbonyl (C=O) groups excluding carboxylic acids is 1. The van der Waals surface area contributed by atoms with Gasteiger partial charge in [0.2, 0.25) is 0 Å². The number of aliphatic hydroxyl groups excluding tert-OH is 2. The summed E-state index contributed by atoms with van der Waals surface area (Å²) in [4.78, 5) is 13.0. The molecule has 86 valence electrons. The summed E-state index contributed by atoms with van der Waals surface area (Å²) in [6, 6.07) is -0.156. The monoisotopic (exact) mass is 216 g/mol. The Hall–Kier alpha value is -0.850. The maximum atomic E-state index is 11.5. The molecule has 2 amide bonds. The van der Waals surface area contributed by atoms with E-state index in [9.17, 15) is 9.90 Å². The summed E-state index contributed by atoms with van der Waals surface area (Å²) < 4.78 is 5.40. The highest BCUT2D eigenvalue weighted by Gasteiger charge is 2.39. The molecule has 3 atom stereocenters. The third-order valence-corrected chi connectivity index (χ3v) is 2.84. The predicted molar refractivity (Wildman–Crippen MR) is 51.1 cm³/mol. The fraction of sp³-hybridized carbons (Fsp3) is 0.889.